The van der Waals surface area contributed by atoms with E-state index in [0.717, 1.165) is 36.1 Å². The van der Waals surface area contributed by atoms with Gasteiger partial charge in [0.1, 0.15) is 0 Å². The van der Waals surface area contributed by atoms with Crippen molar-refractivity contribution in [3.8, 4) is 0 Å². The molecule has 27 heavy (non-hydrogen) atoms. The Labute approximate surface area is 160 Å². The summed E-state index contributed by atoms with van der Waals surface area (Å²) in [4.78, 5) is 18.1. The maximum Gasteiger partial charge on any atom is 0.258 e. The largest absolute Gasteiger partial charge is 0.306 e. The number of anilines is 1. The van der Waals surface area contributed by atoms with Gasteiger partial charge in [0.05, 0.1) is 0 Å². The molecule has 2 aliphatic heterocycles. The van der Waals surface area contributed by atoms with E-state index in [9.17, 15) is 4.79 Å². The number of nitrogens with zero attached hydrogens (tertiary/aromatic N) is 2. The molecule has 3 aromatic rings. The number of benzene rings is 3. The van der Waals surface area contributed by atoms with Crippen LogP contribution in [0.25, 0.3) is 10.8 Å². The number of carbonyl (C=O) groups excluding carboxylic acids is 1. The Bertz CT molecular complexity index is 1040. The van der Waals surface area contributed by atoms with Crippen LogP contribution in [0.3, 0.4) is 0 Å². The number of amides is 1. The van der Waals surface area contributed by atoms with Crippen LogP contribution in [0.2, 0.25) is 0 Å². The van der Waals surface area contributed by atoms with Crippen molar-refractivity contribution in [3.63, 3.8) is 0 Å². The summed E-state index contributed by atoms with van der Waals surface area (Å²) in [7, 11) is 2.18. The molecule has 0 spiro atoms. The second-order valence-corrected chi connectivity index (χ2v) is 8.02. The molecule has 0 aliphatic carbocycles. The summed E-state index contributed by atoms with van der Waals surface area (Å²) in [5, 5.41) is 2.29. The number of likely N-dealkylation sites (N-methyl/N-ethyl adjacent to an activating group) is 1. The highest BCUT2D eigenvalue weighted by molar-refractivity contribution is 6.09. The van der Waals surface area contributed by atoms with Gasteiger partial charge in [0, 0.05) is 29.8 Å². The molecule has 3 nitrogen and oxygen atoms in total. The number of carbonyl (C=O) groups is 1. The average Bonchev–Trinajstić information content (AvgIpc) is 3.00. The number of hydrogen-bond acceptors (Lipinski definition) is 2. The van der Waals surface area contributed by atoms with Gasteiger partial charge in [-0.15, -0.1) is 0 Å². The Hall–Kier alpha value is -2.65. The van der Waals surface area contributed by atoms with Crippen LogP contribution in [0.4, 0.5) is 5.69 Å². The van der Waals surface area contributed by atoms with Gasteiger partial charge in [0.15, 0.2) is 0 Å². The third kappa shape index (κ3) is 2.65. The lowest BCUT2D eigenvalue weighted by atomic mass is 9.88. The summed E-state index contributed by atoms with van der Waals surface area (Å²) in [5.74, 6) is 0.533. The highest BCUT2D eigenvalue weighted by Crippen LogP contribution is 2.45. The van der Waals surface area contributed by atoms with Crippen molar-refractivity contribution in [2.24, 2.45) is 0 Å². The molecule has 2 atom stereocenters. The Morgan fingerprint density at radius 1 is 1.00 bits per heavy atom. The van der Waals surface area contributed by atoms with E-state index >= 15 is 0 Å². The lowest BCUT2D eigenvalue weighted by Crippen LogP contribution is -2.47. The summed E-state index contributed by atoms with van der Waals surface area (Å²) < 4.78 is 0. The number of hydrogen-bond donors (Lipinski definition) is 0. The predicted molar refractivity (Wildman–Crippen MR) is 111 cm³/mol. The zero-order chi connectivity index (χ0) is 18.5. The minimum absolute atomic E-state index is 0.128. The van der Waals surface area contributed by atoms with Gasteiger partial charge >= 0.3 is 0 Å². The lowest BCUT2D eigenvalue weighted by Gasteiger charge is -2.36. The van der Waals surface area contributed by atoms with Crippen LogP contribution in [0.1, 0.15) is 33.8 Å². The van der Waals surface area contributed by atoms with Crippen LogP contribution in [-0.4, -0.2) is 37.0 Å². The quantitative estimate of drug-likeness (QED) is 0.636. The van der Waals surface area contributed by atoms with E-state index in [-0.39, 0.29) is 11.9 Å². The molecule has 0 N–H and O–H groups in total. The fourth-order valence-corrected chi connectivity index (χ4v) is 4.81. The molecule has 0 aromatic heterocycles. The first-order valence-corrected chi connectivity index (χ1v) is 9.73. The molecule has 2 heterocycles. The molecular weight excluding hydrogens is 332 g/mol. The fourth-order valence-electron chi connectivity index (χ4n) is 4.81. The van der Waals surface area contributed by atoms with E-state index in [1.165, 1.54) is 16.5 Å². The van der Waals surface area contributed by atoms with Crippen molar-refractivity contribution in [1.82, 2.24) is 4.90 Å². The van der Waals surface area contributed by atoms with E-state index in [1.807, 2.05) is 24.3 Å². The Morgan fingerprint density at radius 2 is 1.81 bits per heavy atom. The van der Waals surface area contributed by atoms with Crippen molar-refractivity contribution in [2.45, 2.75) is 25.3 Å². The molecule has 136 valence electrons. The third-order valence-electron chi connectivity index (χ3n) is 6.17. The SMILES string of the molecule is Cc1ccc2c(c1)[C@@H]1CN(C)CC[C@@H]1N2C(=O)c1ccc2ccccc2c1. The summed E-state index contributed by atoms with van der Waals surface area (Å²) in [6.07, 6.45) is 1.02. The first-order chi connectivity index (χ1) is 13.1. The van der Waals surface area contributed by atoms with Crippen LogP contribution in [0.5, 0.6) is 0 Å². The number of rotatable bonds is 1. The highest BCUT2D eigenvalue weighted by Gasteiger charge is 2.44. The molecule has 2 aliphatic rings. The van der Waals surface area contributed by atoms with Crippen LogP contribution in [0.15, 0.2) is 60.7 Å². The Morgan fingerprint density at radius 3 is 2.67 bits per heavy atom. The Kier molecular flexibility index (Phi) is 3.80. The first kappa shape index (κ1) is 16.5. The molecule has 5 rings (SSSR count). The number of aryl methyl sites for hydroxylation is 1. The molecule has 1 fully saturated rings. The first-order valence-electron chi connectivity index (χ1n) is 9.73. The van der Waals surface area contributed by atoms with E-state index in [1.54, 1.807) is 0 Å². The number of piperidine rings is 1. The molecule has 0 unspecified atom stereocenters. The van der Waals surface area contributed by atoms with Crippen molar-refractivity contribution >= 4 is 22.4 Å². The average molecular weight is 356 g/mol. The van der Waals surface area contributed by atoms with Crippen LogP contribution in [-0.2, 0) is 0 Å². The van der Waals surface area contributed by atoms with Crippen molar-refractivity contribution in [1.29, 1.82) is 0 Å². The molecule has 0 radical (unpaired) electrons. The fraction of sp³-hybridized carbons (Fsp3) is 0.292. The normalized spacial score (nSPS) is 21.9. The zero-order valence-electron chi connectivity index (χ0n) is 15.9. The maximum absolute atomic E-state index is 13.6. The predicted octanol–water partition coefficient (Wildman–Crippen LogP) is 4.60. The third-order valence-corrected chi connectivity index (χ3v) is 6.17. The van der Waals surface area contributed by atoms with Crippen LogP contribution < -0.4 is 4.90 Å². The maximum atomic E-state index is 13.6. The lowest BCUT2D eigenvalue weighted by molar-refractivity contribution is 0.0965. The molecular formula is C24H24N2O. The second-order valence-electron chi connectivity index (χ2n) is 8.02. The zero-order valence-corrected chi connectivity index (χ0v) is 15.9. The molecule has 0 bridgehead atoms. The van der Waals surface area contributed by atoms with Gasteiger partial charge in [-0.05, 0) is 61.5 Å². The van der Waals surface area contributed by atoms with Gasteiger partial charge in [0.25, 0.3) is 5.91 Å². The summed E-state index contributed by atoms with van der Waals surface area (Å²) in [6, 6.07) is 21.1. The monoisotopic (exact) mass is 356 g/mol. The second kappa shape index (κ2) is 6.21. The van der Waals surface area contributed by atoms with Crippen molar-refractivity contribution < 1.29 is 4.79 Å². The highest BCUT2D eigenvalue weighted by atomic mass is 16.2. The van der Waals surface area contributed by atoms with Gasteiger partial charge < -0.3 is 9.80 Å². The molecule has 3 heteroatoms. The van der Waals surface area contributed by atoms with Crippen molar-refractivity contribution in [3.05, 3.63) is 77.4 Å². The summed E-state index contributed by atoms with van der Waals surface area (Å²) in [5.41, 5.74) is 4.48. The van der Waals surface area contributed by atoms with Gasteiger partial charge in [-0.1, -0.05) is 48.0 Å². The van der Waals surface area contributed by atoms with E-state index in [4.69, 9.17) is 0 Å². The minimum atomic E-state index is 0.128. The topological polar surface area (TPSA) is 23.6 Å². The smallest absolute Gasteiger partial charge is 0.258 e. The molecule has 1 saturated heterocycles. The molecule has 1 amide bonds. The van der Waals surface area contributed by atoms with E-state index in [0.29, 0.717) is 5.92 Å². The molecule has 0 saturated carbocycles. The van der Waals surface area contributed by atoms with Crippen LogP contribution in [0, 0.1) is 6.92 Å². The van der Waals surface area contributed by atoms with Gasteiger partial charge in [-0.2, -0.15) is 0 Å². The van der Waals surface area contributed by atoms with Crippen molar-refractivity contribution in [2.75, 3.05) is 25.0 Å². The Balaban J connectivity index is 1.59. The summed E-state index contributed by atoms with van der Waals surface area (Å²) in [6.45, 7) is 4.19. The molecule has 3 aromatic carbocycles. The van der Waals surface area contributed by atoms with Gasteiger partial charge in [-0.3, -0.25) is 4.79 Å². The van der Waals surface area contributed by atoms with E-state index in [2.05, 4.69) is 60.2 Å². The number of likely N-dealkylation sites (tertiary alicyclic amines) is 1. The van der Waals surface area contributed by atoms with Crippen LogP contribution >= 0.6 is 0 Å². The van der Waals surface area contributed by atoms with Gasteiger partial charge in [-0.25, -0.2) is 0 Å². The minimum Gasteiger partial charge on any atom is -0.306 e. The standard InChI is InChI=1S/C24H24N2O/c1-16-7-10-22-20(13-16)21-15-25(2)12-11-23(21)26(22)24(27)19-9-8-17-5-3-4-6-18(17)14-19/h3-10,13-14,21,23H,11-12,15H2,1-2H3/t21-,23-/m0/s1. The van der Waals surface area contributed by atoms with E-state index < -0.39 is 0 Å². The van der Waals surface area contributed by atoms with Gasteiger partial charge in [0.2, 0.25) is 0 Å². The number of fused-ring (bicyclic) bond motifs is 4. The summed E-state index contributed by atoms with van der Waals surface area (Å²) >= 11 is 0.